The highest BCUT2D eigenvalue weighted by atomic mass is 19.1. The Morgan fingerprint density at radius 1 is 1.03 bits per heavy atom. The maximum absolute atomic E-state index is 13.9. The first-order chi connectivity index (χ1) is 18.3. The van der Waals surface area contributed by atoms with Gasteiger partial charge in [-0.15, -0.1) is 0 Å². The first-order valence-corrected chi connectivity index (χ1v) is 12.3. The molecule has 39 heavy (non-hydrogen) atoms. The van der Waals surface area contributed by atoms with Gasteiger partial charge < -0.3 is 20.9 Å². The maximum Gasteiger partial charge on any atom is 0.293 e. The highest BCUT2D eigenvalue weighted by Crippen LogP contribution is 2.29. The van der Waals surface area contributed by atoms with Gasteiger partial charge >= 0.3 is 0 Å². The van der Waals surface area contributed by atoms with Gasteiger partial charge in [0.25, 0.3) is 17.4 Å². The molecule has 0 atom stereocenters. The van der Waals surface area contributed by atoms with E-state index in [2.05, 4.69) is 36.4 Å². The summed E-state index contributed by atoms with van der Waals surface area (Å²) in [4.78, 5) is 41.8. The van der Waals surface area contributed by atoms with Crippen molar-refractivity contribution in [1.29, 1.82) is 0 Å². The fraction of sp³-hybridized carbons (Fsp3) is 0.200. The molecule has 0 unspecified atom stereocenters. The van der Waals surface area contributed by atoms with Gasteiger partial charge in [-0.05, 0) is 59.9 Å². The Kier molecular flexibility index (Phi) is 7.36. The number of nitrogens with two attached hydrogens (primary N) is 1. The maximum atomic E-state index is 13.9. The van der Waals surface area contributed by atoms with Crippen molar-refractivity contribution >= 4 is 29.0 Å². The molecule has 8 nitrogen and oxygen atoms in total. The van der Waals surface area contributed by atoms with Crippen LogP contribution in [0.1, 0.15) is 52.6 Å². The summed E-state index contributed by atoms with van der Waals surface area (Å²) in [6, 6.07) is 16.6. The average molecular weight is 528 g/mol. The molecule has 2 amide bonds. The minimum absolute atomic E-state index is 0.0166. The van der Waals surface area contributed by atoms with Crippen LogP contribution in [0.3, 0.4) is 0 Å². The van der Waals surface area contributed by atoms with E-state index in [4.69, 9.17) is 5.73 Å². The minimum Gasteiger partial charge on any atom is -0.366 e. The van der Waals surface area contributed by atoms with Crippen LogP contribution in [0.2, 0.25) is 0 Å². The summed E-state index contributed by atoms with van der Waals surface area (Å²) < 4.78 is 15.3. The summed E-state index contributed by atoms with van der Waals surface area (Å²) in [7, 11) is 1.58. The van der Waals surface area contributed by atoms with Crippen LogP contribution in [0.15, 0.2) is 71.7 Å². The van der Waals surface area contributed by atoms with Crippen molar-refractivity contribution in [1.82, 2.24) is 9.55 Å². The Bertz CT molecular complexity index is 1640. The van der Waals surface area contributed by atoms with Gasteiger partial charge in [0.2, 0.25) is 0 Å². The zero-order valence-electron chi connectivity index (χ0n) is 22.4. The summed E-state index contributed by atoms with van der Waals surface area (Å²) in [6.07, 6.45) is 1.59. The zero-order chi connectivity index (χ0) is 28.5. The number of carbonyl (C=O) groups is 2. The van der Waals surface area contributed by atoms with Crippen LogP contribution in [0.4, 0.5) is 21.6 Å². The predicted octanol–water partition coefficient (Wildman–Crippen LogP) is 5.29. The number of aryl methyl sites for hydroxylation is 1. The molecular formula is C30H30FN5O3. The SMILES string of the molecule is Cc1c(NC(=O)c2ccc(C(C)(C)C)cc2)cccc1-c1cn(C)c(=O)c(Nc2ccc(F)c(C(N)=O)c2)n1. The quantitative estimate of drug-likeness (QED) is 0.315. The van der Waals surface area contributed by atoms with E-state index in [1.165, 1.54) is 16.7 Å². The topological polar surface area (TPSA) is 119 Å². The Morgan fingerprint density at radius 3 is 2.36 bits per heavy atom. The fourth-order valence-corrected chi connectivity index (χ4v) is 4.11. The summed E-state index contributed by atoms with van der Waals surface area (Å²) in [5.41, 5.74) is 8.97. The molecule has 0 radical (unpaired) electrons. The standard InChI is InChI=1S/C30H30FN5O3/c1-17-21(7-6-8-24(17)35-28(38)18-9-11-19(12-10-18)30(2,3)4)25-16-36(5)29(39)27(34-25)33-20-13-14-23(31)22(15-20)26(32)37/h6-16H,1-5H3,(H2,32,37)(H,33,34)(H,35,38). The van der Waals surface area contributed by atoms with Crippen LogP contribution in [-0.2, 0) is 12.5 Å². The molecule has 3 aromatic carbocycles. The molecule has 1 aromatic heterocycles. The number of primary amides is 1. The molecule has 0 spiro atoms. The normalized spacial score (nSPS) is 11.2. The van der Waals surface area contributed by atoms with E-state index in [1.54, 1.807) is 37.5 Å². The second-order valence-electron chi connectivity index (χ2n) is 10.3. The number of halogens is 1. The largest absolute Gasteiger partial charge is 0.366 e. The number of hydrogen-bond acceptors (Lipinski definition) is 5. The van der Waals surface area contributed by atoms with E-state index < -0.39 is 17.3 Å². The fourth-order valence-electron chi connectivity index (χ4n) is 4.11. The van der Waals surface area contributed by atoms with Crippen molar-refractivity contribution in [3.05, 3.63) is 105 Å². The Morgan fingerprint density at radius 2 is 1.72 bits per heavy atom. The lowest BCUT2D eigenvalue weighted by Crippen LogP contribution is -2.22. The number of benzene rings is 3. The summed E-state index contributed by atoms with van der Waals surface area (Å²) in [5, 5.41) is 5.83. The van der Waals surface area contributed by atoms with Crippen LogP contribution < -0.4 is 21.9 Å². The van der Waals surface area contributed by atoms with Gasteiger partial charge in [0.15, 0.2) is 5.82 Å². The van der Waals surface area contributed by atoms with Gasteiger partial charge in [-0.3, -0.25) is 14.4 Å². The van der Waals surface area contributed by atoms with Crippen molar-refractivity contribution in [3.8, 4) is 11.3 Å². The first-order valence-electron chi connectivity index (χ1n) is 12.3. The van der Waals surface area contributed by atoms with E-state index in [1.807, 2.05) is 25.1 Å². The van der Waals surface area contributed by atoms with Gasteiger partial charge in [-0.1, -0.05) is 45.0 Å². The third-order valence-electron chi connectivity index (χ3n) is 6.44. The number of carbonyl (C=O) groups excluding carboxylic acids is 2. The third kappa shape index (κ3) is 5.87. The number of amides is 2. The monoisotopic (exact) mass is 527 g/mol. The average Bonchev–Trinajstić information content (AvgIpc) is 2.88. The second kappa shape index (κ2) is 10.5. The van der Waals surface area contributed by atoms with Gasteiger partial charge in [0.05, 0.1) is 11.3 Å². The molecule has 1 heterocycles. The van der Waals surface area contributed by atoms with E-state index in [0.717, 1.165) is 17.2 Å². The van der Waals surface area contributed by atoms with Gasteiger partial charge in [0.1, 0.15) is 5.82 Å². The molecule has 0 aliphatic heterocycles. The Hall–Kier alpha value is -4.79. The number of rotatable bonds is 6. The molecule has 200 valence electrons. The zero-order valence-corrected chi connectivity index (χ0v) is 22.4. The minimum atomic E-state index is -0.926. The highest BCUT2D eigenvalue weighted by Gasteiger charge is 2.17. The second-order valence-corrected chi connectivity index (χ2v) is 10.3. The van der Waals surface area contributed by atoms with E-state index in [-0.39, 0.29) is 28.4 Å². The Balaban J connectivity index is 1.64. The van der Waals surface area contributed by atoms with Gasteiger partial charge in [-0.25, -0.2) is 9.37 Å². The van der Waals surface area contributed by atoms with Crippen LogP contribution in [-0.4, -0.2) is 21.4 Å². The van der Waals surface area contributed by atoms with Crippen LogP contribution >= 0.6 is 0 Å². The molecular weight excluding hydrogens is 497 g/mol. The van der Waals surface area contributed by atoms with Crippen LogP contribution in [0.25, 0.3) is 11.3 Å². The molecule has 0 aliphatic rings. The van der Waals surface area contributed by atoms with Crippen LogP contribution in [0.5, 0.6) is 0 Å². The van der Waals surface area contributed by atoms with Crippen molar-refractivity contribution in [2.45, 2.75) is 33.1 Å². The van der Waals surface area contributed by atoms with E-state index in [0.29, 0.717) is 22.5 Å². The number of anilines is 3. The molecule has 0 aliphatic carbocycles. The predicted molar refractivity (Wildman–Crippen MR) is 151 cm³/mol. The summed E-state index contributed by atoms with van der Waals surface area (Å²) in [6.45, 7) is 8.20. The first kappa shape index (κ1) is 27.3. The van der Waals surface area contributed by atoms with Crippen molar-refractivity contribution in [2.24, 2.45) is 12.8 Å². The highest BCUT2D eigenvalue weighted by molar-refractivity contribution is 6.05. The molecule has 4 aromatic rings. The lowest BCUT2D eigenvalue weighted by Gasteiger charge is -2.19. The number of aromatic nitrogens is 2. The summed E-state index contributed by atoms with van der Waals surface area (Å²) >= 11 is 0. The number of nitrogens with one attached hydrogen (secondary N) is 2. The van der Waals surface area contributed by atoms with E-state index in [9.17, 15) is 18.8 Å². The third-order valence-corrected chi connectivity index (χ3v) is 6.44. The Labute approximate surface area is 225 Å². The molecule has 4 N–H and O–H groups in total. The molecule has 0 fully saturated rings. The summed E-state index contributed by atoms with van der Waals surface area (Å²) in [5.74, 6) is -1.95. The van der Waals surface area contributed by atoms with Crippen molar-refractivity contribution < 1.29 is 14.0 Å². The molecule has 9 heteroatoms. The smallest absolute Gasteiger partial charge is 0.293 e. The molecule has 0 saturated carbocycles. The lowest BCUT2D eigenvalue weighted by atomic mass is 9.86. The molecule has 4 rings (SSSR count). The van der Waals surface area contributed by atoms with Crippen molar-refractivity contribution in [2.75, 3.05) is 10.6 Å². The lowest BCUT2D eigenvalue weighted by molar-refractivity contribution is 0.0994. The molecule has 0 saturated heterocycles. The van der Waals surface area contributed by atoms with Crippen molar-refractivity contribution in [3.63, 3.8) is 0 Å². The molecule has 0 bridgehead atoms. The van der Waals surface area contributed by atoms with Gasteiger partial charge in [0, 0.05) is 35.7 Å². The van der Waals surface area contributed by atoms with Gasteiger partial charge in [-0.2, -0.15) is 0 Å². The van der Waals surface area contributed by atoms with Crippen LogP contribution in [0, 0.1) is 12.7 Å². The van der Waals surface area contributed by atoms with E-state index >= 15 is 0 Å². The number of nitrogens with zero attached hydrogens (tertiary/aromatic N) is 2. The number of hydrogen-bond donors (Lipinski definition) is 3.